The van der Waals surface area contributed by atoms with Crippen LogP contribution in [0.1, 0.15) is 48.0 Å². The number of aliphatic carboxylic acids is 1. The highest BCUT2D eigenvalue weighted by Crippen LogP contribution is 2.12. The molecule has 1 amide bonds. The first-order chi connectivity index (χ1) is 9.50. The van der Waals surface area contributed by atoms with E-state index >= 15 is 0 Å². The predicted molar refractivity (Wildman–Crippen MR) is 78.6 cm³/mol. The normalized spacial score (nSPS) is 10.2. The quantitative estimate of drug-likeness (QED) is 0.502. The fourth-order valence-corrected chi connectivity index (χ4v) is 1.84. The second-order valence-electron chi connectivity index (χ2n) is 4.89. The van der Waals surface area contributed by atoms with E-state index in [1.165, 1.54) is 0 Å². The molecule has 5 heteroatoms. The first-order valence-electron chi connectivity index (χ1n) is 6.87. The van der Waals surface area contributed by atoms with E-state index in [4.69, 9.17) is 10.8 Å². The number of rotatable bonds is 8. The van der Waals surface area contributed by atoms with Crippen molar-refractivity contribution in [3.8, 4) is 0 Å². The van der Waals surface area contributed by atoms with Crippen LogP contribution in [0.2, 0.25) is 0 Å². The van der Waals surface area contributed by atoms with Crippen molar-refractivity contribution >= 4 is 17.6 Å². The molecule has 4 N–H and O–H groups in total. The minimum absolute atomic E-state index is 0.123. The van der Waals surface area contributed by atoms with Gasteiger partial charge in [0.05, 0.1) is 0 Å². The van der Waals surface area contributed by atoms with Gasteiger partial charge < -0.3 is 16.2 Å². The van der Waals surface area contributed by atoms with Crippen molar-refractivity contribution in [3.63, 3.8) is 0 Å². The van der Waals surface area contributed by atoms with Crippen LogP contribution in [0, 0.1) is 6.92 Å². The lowest BCUT2D eigenvalue weighted by Gasteiger charge is -2.07. The molecule has 0 aromatic heterocycles. The maximum atomic E-state index is 11.8. The van der Waals surface area contributed by atoms with E-state index in [-0.39, 0.29) is 12.3 Å². The van der Waals surface area contributed by atoms with Crippen molar-refractivity contribution in [2.45, 2.75) is 39.0 Å². The first kappa shape index (κ1) is 16.0. The molecule has 1 aromatic rings. The smallest absolute Gasteiger partial charge is 0.303 e. The summed E-state index contributed by atoms with van der Waals surface area (Å²) in [6.07, 6.45) is 3.56. The van der Waals surface area contributed by atoms with Gasteiger partial charge in [0.25, 0.3) is 5.91 Å². The highest BCUT2D eigenvalue weighted by molar-refractivity contribution is 5.95. The van der Waals surface area contributed by atoms with E-state index in [0.29, 0.717) is 24.2 Å². The van der Waals surface area contributed by atoms with E-state index in [2.05, 4.69) is 5.32 Å². The van der Waals surface area contributed by atoms with E-state index in [1.54, 1.807) is 12.1 Å². The summed E-state index contributed by atoms with van der Waals surface area (Å²) in [7, 11) is 0. The number of unbranched alkanes of at least 4 members (excludes halogenated alkanes) is 3. The van der Waals surface area contributed by atoms with Gasteiger partial charge in [-0.05, 0) is 37.5 Å². The van der Waals surface area contributed by atoms with Crippen LogP contribution in [0.5, 0.6) is 0 Å². The first-order valence-corrected chi connectivity index (χ1v) is 6.87. The number of benzene rings is 1. The molecule has 0 aliphatic heterocycles. The third kappa shape index (κ3) is 5.73. The lowest BCUT2D eigenvalue weighted by atomic mass is 10.1. The lowest BCUT2D eigenvalue weighted by Crippen LogP contribution is -2.24. The van der Waals surface area contributed by atoms with Gasteiger partial charge in [0.1, 0.15) is 0 Å². The molecule has 0 heterocycles. The van der Waals surface area contributed by atoms with Gasteiger partial charge >= 0.3 is 5.97 Å². The van der Waals surface area contributed by atoms with Crippen LogP contribution in [0.4, 0.5) is 5.69 Å². The number of carboxylic acid groups (broad SMARTS) is 1. The molecule has 1 aromatic carbocycles. The molecule has 1 rings (SSSR count). The summed E-state index contributed by atoms with van der Waals surface area (Å²) in [4.78, 5) is 22.2. The molecule has 0 atom stereocenters. The van der Waals surface area contributed by atoms with Crippen LogP contribution >= 0.6 is 0 Å². The monoisotopic (exact) mass is 278 g/mol. The Bertz CT molecular complexity index is 472. The van der Waals surface area contributed by atoms with Gasteiger partial charge in [-0.25, -0.2) is 0 Å². The molecular weight excluding hydrogens is 256 g/mol. The number of nitrogens with two attached hydrogens (primary N) is 1. The largest absolute Gasteiger partial charge is 0.481 e. The minimum atomic E-state index is -0.754. The van der Waals surface area contributed by atoms with Gasteiger partial charge in [0, 0.05) is 24.2 Å². The average Bonchev–Trinajstić information content (AvgIpc) is 2.40. The summed E-state index contributed by atoms with van der Waals surface area (Å²) in [5.41, 5.74) is 7.91. The molecule has 0 radical (unpaired) electrons. The highest BCUT2D eigenvalue weighted by Gasteiger charge is 2.06. The van der Waals surface area contributed by atoms with E-state index < -0.39 is 5.97 Å². The lowest BCUT2D eigenvalue weighted by molar-refractivity contribution is -0.137. The molecule has 0 spiro atoms. The zero-order valence-electron chi connectivity index (χ0n) is 11.8. The maximum absolute atomic E-state index is 11.8. The number of carboxylic acids is 1. The van der Waals surface area contributed by atoms with Gasteiger partial charge in [-0.1, -0.05) is 18.9 Å². The summed E-state index contributed by atoms with van der Waals surface area (Å²) < 4.78 is 0. The standard InChI is InChI=1S/C15H22N2O3/c1-11-7-8-12(10-13(11)16)15(20)17-9-5-3-2-4-6-14(18)19/h7-8,10H,2-6,9,16H2,1H3,(H,17,20)(H,18,19). The topological polar surface area (TPSA) is 92.4 Å². The minimum Gasteiger partial charge on any atom is -0.481 e. The molecule has 0 aliphatic rings. The van der Waals surface area contributed by atoms with Gasteiger partial charge in [0.15, 0.2) is 0 Å². The number of carbonyl (C=O) groups is 2. The summed E-state index contributed by atoms with van der Waals surface area (Å²) in [5.74, 6) is -0.877. The number of hydrogen-bond acceptors (Lipinski definition) is 3. The third-order valence-corrected chi connectivity index (χ3v) is 3.14. The summed E-state index contributed by atoms with van der Waals surface area (Å²) in [6, 6.07) is 5.27. The van der Waals surface area contributed by atoms with Gasteiger partial charge in [-0.2, -0.15) is 0 Å². The van der Waals surface area contributed by atoms with Gasteiger partial charge in [0.2, 0.25) is 0 Å². The fraction of sp³-hybridized carbons (Fsp3) is 0.467. The second-order valence-corrected chi connectivity index (χ2v) is 4.89. The van der Waals surface area contributed by atoms with Crippen LogP contribution in [0.15, 0.2) is 18.2 Å². The number of hydrogen-bond donors (Lipinski definition) is 3. The molecule has 5 nitrogen and oxygen atoms in total. The Morgan fingerprint density at radius 2 is 1.90 bits per heavy atom. The van der Waals surface area contributed by atoms with Crippen molar-refractivity contribution in [1.29, 1.82) is 0 Å². The van der Waals surface area contributed by atoms with Crippen molar-refractivity contribution < 1.29 is 14.7 Å². The van der Waals surface area contributed by atoms with E-state index in [9.17, 15) is 9.59 Å². The molecule has 110 valence electrons. The van der Waals surface area contributed by atoms with Crippen LogP contribution in [-0.4, -0.2) is 23.5 Å². The van der Waals surface area contributed by atoms with Crippen molar-refractivity contribution in [1.82, 2.24) is 5.32 Å². The van der Waals surface area contributed by atoms with E-state index in [0.717, 1.165) is 24.8 Å². The SMILES string of the molecule is Cc1ccc(C(=O)NCCCCCCC(=O)O)cc1N. The Kier molecular flexibility index (Phi) is 6.56. The summed E-state index contributed by atoms with van der Waals surface area (Å²) in [5, 5.41) is 11.3. The van der Waals surface area contributed by atoms with Crippen molar-refractivity contribution in [2.75, 3.05) is 12.3 Å². The Labute approximate surface area is 119 Å². The Morgan fingerprint density at radius 1 is 1.20 bits per heavy atom. The predicted octanol–water partition coefficient (Wildman–Crippen LogP) is 2.34. The Morgan fingerprint density at radius 3 is 2.55 bits per heavy atom. The molecule has 0 unspecified atom stereocenters. The molecule has 0 fully saturated rings. The van der Waals surface area contributed by atoms with E-state index in [1.807, 2.05) is 13.0 Å². The van der Waals surface area contributed by atoms with Gasteiger partial charge in [-0.3, -0.25) is 9.59 Å². The van der Waals surface area contributed by atoms with Crippen LogP contribution < -0.4 is 11.1 Å². The zero-order chi connectivity index (χ0) is 15.0. The maximum Gasteiger partial charge on any atom is 0.303 e. The summed E-state index contributed by atoms with van der Waals surface area (Å²) in [6.45, 7) is 2.49. The zero-order valence-corrected chi connectivity index (χ0v) is 11.8. The molecule has 20 heavy (non-hydrogen) atoms. The van der Waals surface area contributed by atoms with Crippen molar-refractivity contribution in [3.05, 3.63) is 29.3 Å². The van der Waals surface area contributed by atoms with Crippen LogP contribution in [0.25, 0.3) is 0 Å². The number of carbonyl (C=O) groups excluding carboxylic acids is 1. The number of anilines is 1. The number of nitrogen functional groups attached to an aromatic ring is 1. The van der Waals surface area contributed by atoms with Crippen molar-refractivity contribution in [2.24, 2.45) is 0 Å². The fourth-order valence-electron chi connectivity index (χ4n) is 1.84. The highest BCUT2D eigenvalue weighted by atomic mass is 16.4. The Balaban J connectivity index is 2.20. The molecule has 0 saturated heterocycles. The summed E-state index contributed by atoms with van der Waals surface area (Å²) >= 11 is 0. The molecule has 0 bridgehead atoms. The molecule has 0 saturated carbocycles. The van der Waals surface area contributed by atoms with Crippen LogP contribution in [-0.2, 0) is 4.79 Å². The second kappa shape index (κ2) is 8.19. The average molecular weight is 278 g/mol. The number of aryl methyl sites for hydroxylation is 1. The molecule has 0 aliphatic carbocycles. The number of amides is 1. The molecular formula is C15H22N2O3. The number of nitrogens with one attached hydrogen (secondary N) is 1. The van der Waals surface area contributed by atoms with Crippen LogP contribution in [0.3, 0.4) is 0 Å². The third-order valence-electron chi connectivity index (χ3n) is 3.14. The Hall–Kier alpha value is -2.04. The van der Waals surface area contributed by atoms with Gasteiger partial charge in [-0.15, -0.1) is 0 Å².